The maximum absolute atomic E-state index is 3.86. The van der Waals surface area contributed by atoms with Gasteiger partial charge in [0.1, 0.15) is 0 Å². The molecule has 0 spiro atoms. The largest absolute Gasteiger partial charge is 0.159 e. The highest BCUT2D eigenvalue weighted by Gasteiger charge is 1.88. The second kappa shape index (κ2) is 3.17. The van der Waals surface area contributed by atoms with Crippen LogP contribution in [0.2, 0.25) is 0 Å². The van der Waals surface area contributed by atoms with E-state index in [2.05, 4.69) is 23.2 Å². The predicted octanol–water partition coefficient (Wildman–Crippen LogP) is 1.23. The molecule has 0 N–H and O–H groups in total. The van der Waals surface area contributed by atoms with E-state index in [-0.39, 0.29) is 0 Å². The first-order valence-electron chi connectivity index (χ1n) is 3.11. The highest BCUT2D eigenvalue weighted by molar-refractivity contribution is 4.95. The Morgan fingerprint density at radius 1 is 1.67 bits per heavy atom. The van der Waals surface area contributed by atoms with E-state index in [1.165, 1.54) is 0 Å². The Morgan fingerprint density at radius 2 is 2.56 bits per heavy atom. The Bertz CT molecular complexity index is 160. The fourth-order valence-electron chi connectivity index (χ4n) is 0.658. The molecule has 0 aliphatic heterocycles. The fourth-order valence-corrected chi connectivity index (χ4v) is 0.658. The van der Waals surface area contributed by atoms with Gasteiger partial charge in [-0.3, -0.25) is 0 Å². The summed E-state index contributed by atoms with van der Waals surface area (Å²) in [6.07, 6.45) is 3.72. The van der Waals surface area contributed by atoms with Crippen molar-refractivity contribution in [3.05, 3.63) is 24.0 Å². The van der Waals surface area contributed by atoms with E-state index in [0.717, 1.165) is 18.5 Å². The molecule has 1 aromatic heterocycles. The molecular weight excluding hydrogens is 112 g/mol. The van der Waals surface area contributed by atoms with Crippen LogP contribution in [0.4, 0.5) is 0 Å². The summed E-state index contributed by atoms with van der Waals surface area (Å²) in [6.45, 7) is 2.11. The van der Waals surface area contributed by atoms with Gasteiger partial charge < -0.3 is 0 Å². The number of rotatable bonds is 2. The maximum Gasteiger partial charge on any atom is 0.0709 e. The van der Waals surface area contributed by atoms with Crippen molar-refractivity contribution in [2.24, 2.45) is 0 Å². The van der Waals surface area contributed by atoms with E-state index >= 15 is 0 Å². The molecular formula is C7H9N2. The third kappa shape index (κ3) is 1.80. The van der Waals surface area contributed by atoms with E-state index in [4.69, 9.17) is 0 Å². The highest BCUT2D eigenvalue weighted by atomic mass is 15.1. The molecule has 1 heterocycles. The van der Waals surface area contributed by atoms with Crippen molar-refractivity contribution in [2.45, 2.75) is 19.8 Å². The third-order valence-corrected chi connectivity index (χ3v) is 1.06. The number of hydrogen-bond donors (Lipinski definition) is 0. The van der Waals surface area contributed by atoms with Crippen LogP contribution in [0.15, 0.2) is 12.3 Å². The Hall–Kier alpha value is -0.920. The quantitative estimate of drug-likeness (QED) is 0.588. The molecule has 0 aliphatic rings. The minimum absolute atomic E-state index is 0.958. The van der Waals surface area contributed by atoms with Crippen molar-refractivity contribution >= 4 is 0 Å². The van der Waals surface area contributed by atoms with Crippen LogP contribution in [-0.2, 0) is 6.42 Å². The summed E-state index contributed by atoms with van der Waals surface area (Å²) in [4.78, 5) is 0. The summed E-state index contributed by atoms with van der Waals surface area (Å²) in [5.74, 6) is 0. The van der Waals surface area contributed by atoms with Crippen LogP contribution in [0.1, 0.15) is 19.0 Å². The lowest BCUT2D eigenvalue weighted by Gasteiger charge is -1.90. The number of aryl methyl sites for hydroxylation is 1. The zero-order valence-electron chi connectivity index (χ0n) is 5.46. The topological polar surface area (TPSA) is 25.8 Å². The molecule has 0 aliphatic carbocycles. The van der Waals surface area contributed by atoms with Crippen LogP contribution < -0.4 is 0 Å². The molecule has 0 bridgehead atoms. The van der Waals surface area contributed by atoms with Crippen LogP contribution >= 0.6 is 0 Å². The smallest absolute Gasteiger partial charge is 0.0709 e. The molecule has 0 saturated heterocycles. The Labute approximate surface area is 54.9 Å². The van der Waals surface area contributed by atoms with Crippen molar-refractivity contribution in [1.29, 1.82) is 0 Å². The third-order valence-electron chi connectivity index (χ3n) is 1.06. The Balaban J connectivity index is 2.61. The minimum Gasteiger partial charge on any atom is -0.159 e. The molecule has 0 unspecified atom stereocenters. The summed E-state index contributed by atoms with van der Waals surface area (Å²) < 4.78 is 0. The minimum atomic E-state index is 0.958. The number of aromatic nitrogens is 2. The normalized spacial score (nSPS) is 9.44. The van der Waals surface area contributed by atoms with Gasteiger partial charge in [0.2, 0.25) is 0 Å². The zero-order valence-corrected chi connectivity index (χ0v) is 5.46. The van der Waals surface area contributed by atoms with E-state index in [1.807, 2.05) is 0 Å². The van der Waals surface area contributed by atoms with Gasteiger partial charge in [-0.05, 0) is 12.5 Å². The average Bonchev–Trinajstić information content (AvgIpc) is 1.91. The number of nitrogens with zero attached hydrogens (tertiary/aromatic N) is 2. The SMILES string of the molecule is CCCc1[c]ccnn1. The van der Waals surface area contributed by atoms with Gasteiger partial charge in [-0.2, -0.15) is 10.2 Å². The molecule has 0 aromatic carbocycles. The first-order valence-corrected chi connectivity index (χ1v) is 3.11. The molecule has 0 saturated carbocycles. The molecule has 47 valence electrons. The molecule has 0 amide bonds. The molecule has 1 rings (SSSR count). The fraction of sp³-hybridized carbons (Fsp3) is 0.429. The predicted molar refractivity (Wildman–Crippen MR) is 34.9 cm³/mol. The van der Waals surface area contributed by atoms with Gasteiger partial charge in [0, 0.05) is 6.07 Å². The van der Waals surface area contributed by atoms with E-state index in [0.29, 0.717) is 0 Å². The van der Waals surface area contributed by atoms with Crippen molar-refractivity contribution in [1.82, 2.24) is 10.2 Å². The van der Waals surface area contributed by atoms with Crippen molar-refractivity contribution < 1.29 is 0 Å². The summed E-state index contributed by atoms with van der Waals surface area (Å²) in [5.41, 5.74) is 0.958. The van der Waals surface area contributed by atoms with Crippen molar-refractivity contribution in [2.75, 3.05) is 0 Å². The van der Waals surface area contributed by atoms with Gasteiger partial charge in [-0.15, -0.1) is 0 Å². The van der Waals surface area contributed by atoms with Crippen LogP contribution in [-0.4, -0.2) is 10.2 Å². The molecule has 0 fully saturated rings. The molecule has 0 atom stereocenters. The first-order chi connectivity index (χ1) is 4.43. The monoisotopic (exact) mass is 121 g/mol. The van der Waals surface area contributed by atoms with Crippen LogP contribution in [0.5, 0.6) is 0 Å². The molecule has 9 heavy (non-hydrogen) atoms. The van der Waals surface area contributed by atoms with Crippen LogP contribution in [0.3, 0.4) is 0 Å². The summed E-state index contributed by atoms with van der Waals surface area (Å²) in [5, 5.41) is 7.58. The van der Waals surface area contributed by atoms with Gasteiger partial charge in [0.05, 0.1) is 11.9 Å². The Morgan fingerprint density at radius 3 is 3.11 bits per heavy atom. The molecule has 2 nitrogen and oxygen atoms in total. The summed E-state index contributed by atoms with van der Waals surface area (Å²) in [7, 11) is 0. The maximum atomic E-state index is 3.86. The lowest BCUT2D eigenvalue weighted by Crippen LogP contribution is -1.89. The second-order valence-corrected chi connectivity index (χ2v) is 1.87. The van der Waals surface area contributed by atoms with Gasteiger partial charge in [0.25, 0.3) is 0 Å². The van der Waals surface area contributed by atoms with Crippen LogP contribution in [0.25, 0.3) is 0 Å². The molecule has 1 radical (unpaired) electrons. The van der Waals surface area contributed by atoms with Gasteiger partial charge in [-0.1, -0.05) is 13.3 Å². The van der Waals surface area contributed by atoms with Crippen LogP contribution in [0, 0.1) is 6.07 Å². The lowest BCUT2D eigenvalue weighted by atomic mass is 10.2. The summed E-state index contributed by atoms with van der Waals surface area (Å²) in [6, 6.07) is 4.79. The van der Waals surface area contributed by atoms with Gasteiger partial charge in [-0.25, -0.2) is 0 Å². The second-order valence-electron chi connectivity index (χ2n) is 1.87. The van der Waals surface area contributed by atoms with E-state index < -0.39 is 0 Å². The molecule has 2 heteroatoms. The first kappa shape index (κ1) is 6.20. The standard InChI is InChI=1S/C7H9N2/c1-2-4-7-5-3-6-8-9-7/h3,6H,2,4H2,1H3. The summed E-state index contributed by atoms with van der Waals surface area (Å²) >= 11 is 0. The van der Waals surface area contributed by atoms with E-state index in [9.17, 15) is 0 Å². The van der Waals surface area contributed by atoms with Gasteiger partial charge in [0.15, 0.2) is 0 Å². The molecule has 1 aromatic rings. The van der Waals surface area contributed by atoms with Crippen molar-refractivity contribution in [3.63, 3.8) is 0 Å². The van der Waals surface area contributed by atoms with Gasteiger partial charge >= 0.3 is 0 Å². The zero-order chi connectivity index (χ0) is 6.53. The van der Waals surface area contributed by atoms with E-state index in [1.54, 1.807) is 12.3 Å². The highest BCUT2D eigenvalue weighted by Crippen LogP contribution is 1.93. The Kier molecular flexibility index (Phi) is 2.19. The average molecular weight is 121 g/mol. The van der Waals surface area contributed by atoms with Crippen molar-refractivity contribution in [3.8, 4) is 0 Å². The lowest BCUT2D eigenvalue weighted by molar-refractivity contribution is 0.836. The number of hydrogen-bond acceptors (Lipinski definition) is 2.